The van der Waals surface area contributed by atoms with Crippen LogP contribution in [0.2, 0.25) is 0 Å². The Balaban J connectivity index is 1.84. The summed E-state index contributed by atoms with van der Waals surface area (Å²) >= 11 is 0. The first kappa shape index (κ1) is 31.6. The molecule has 0 spiro atoms. The zero-order valence-corrected chi connectivity index (χ0v) is 25.0. The molecule has 228 valence electrons. The van der Waals surface area contributed by atoms with Crippen molar-refractivity contribution >= 4 is 15.9 Å². The minimum atomic E-state index is -3.24. The minimum absolute atomic E-state index is 0.0377. The van der Waals surface area contributed by atoms with Gasteiger partial charge in [-0.3, -0.25) is 0 Å². The van der Waals surface area contributed by atoms with E-state index in [1.54, 1.807) is 35.4 Å². The van der Waals surface area contributed by atoms with Gasteiger partial charge in [0.1, 0.15) is 24.1 Å². The largest absolute Gasteiger partial charge is 0.328 e. The van der Waals surface area contributed by atoms with Crippen LogP contribution in [0.25, 0.3) is 11.3 Å². The summed E-state index contributed by atoms with van der Waals surface area (Å²) in [7, 11) is -3.24. The van der Waals surface area contributed by atoms with Gasteiger partial charge in [-0.15, -0.1) is 0 Å². The van der Waals surface area contributed by atoms with Gasteiger partial charge in [0.05, 0.1) is 23.2 Å². The van der Waals surface area contributed by atoms with Gasteiger partial charge in [-0.05, 0) is 41.7 Å². The van der Waals surface area contributed by atoms with Crippen LogP contribution >= 0.6 is 0 Å². The Hall–Kier alpha value is -3.38. The van der Waals surface area contributed by atoms with Crippen LogP contribution in [0.1, 0.15) is 44.6 Å². The highest BCUT2D eigenvalue weighted by molar-refractivity contribution is 7.91. The van der Waals surface area contributed by atoms with Crippen molar-refractivity contribution in [3.05, 3.63) is 77.8 Å². The van der Waals surface area contributed by atoms with Gasteiger partial charge in [-0.25, -0.2) is 31.4 Å². The minimum Gasteiger partial charge on any atom is -0.328 e. The number of urea groups is 1. The summed E-state index contributed by atoms with van der Waals surface area (Å²) in [6.45, 7) is 5.45. The molecule has 1 fully saturated rings. The summed E-state index contributed by atoms with van der Waals surface area (Å²) in [5, 5.41) is 0. The Morgan fingerprint density at radius 2 is 1.71 bits per heavy atom. The quantitative estimate of drug-likeness (QED) is 0.378. The van der Waals surface area contributed by atoms with E-state index >= 15 is 0 Å². The fraction of sp³-hybridized carbons (Fsp3) is 0.467. The summed E-state index contributed by atoms with van der Waals surface area (Å²) in [5.74, 6) is -0.650. The van der Waals surface area contributed by atoms with Gasteiger partial charge in [-0.2, -0.15) is 0 Å². The van der Waals surface area contributed by atoms with Crippen LogP contribution in [-0.4, -0.2) is 77.7 Å². The van der Waals surface area contributed by atoms with Gasteiger partial charge >= 0.3 is 6.03 Å². The third-order valence-corrected chi connectivity index (χ3v) is 8.96. The number of hydrogen-bond donors (Lipinski definition) is 1. The predicted octanol–water partition coefficient (Wildman–Crippen LogP) is 4.80. The fourth-order valence-corrected chi connectivity index (χ4v) is 6.39. The Morgan fingerprint density at radius 1 is 1.07 bits per heavy atom. The molecule has 0 saturated carbocycles. The molecule has 2 amide bonds. The molecule has 8 nitrogen and oxygen atoms in total. The summed E-state index contributed by atoms with van der Waals surface area (Å²) in [6.07, 6.45) is 1.92. The van der Waals surface area contributed by atoms with Crippen LogP contribution in [0.5, 0.6) is 0 Å². The Kier molecular flexibility index (Phi) is 9.67. The maximum atomic E-state index is 14.2. The molecule has 0 bridgehead atoms. The van der Waals surface area contributed by atoms with E-state index in [2.05, 4.69) is 0 Å². The van der Waals surface area contributed by atoms with E-state index in [9.17, 15) is 26.4 Å². The highest BCUT2D eigenvalue weighted by atomic mass is 32.2. The van der Waals surface area contributed by atoms with Crippen LogP contribution in [0.15, 0.2) is 54.7 Å². The van der Waals surface area contributed by atoms with Crippen molar-refractivity contribution in [3.63, 3.8) is 0 Å². The highest BCUT2D eigenvalue weighted by Crippen LogP contribution is 2.40. The molecule has 1 aliphatic heterocycles. The lowest BCUT2D eigenvalue weighted by Gasteiger charge is -2.43. The Labute approximate surface area is 245 Å². The van der Waals surface area contributed by atoms with Crippen molar-refractivity contribution in [2.24, 2.45) is 11.1 Å². The van der Waals surface area contributed by atoms with Crippen molar-refractivity contribution in [1.82, 2.24) is 19.4 Å². The van der Waals surface area contributed by atoms with Crippen LogP contribution in [0, 0.1) is 17.0 Å². The number of halogens is 3. The molecule has 2 atom stereocenters. The average Bonchev–Trinajstić information content (AvgIpc) is 3.32. The molecule has 0 unspecified atom stereocenters. The number of nitrogens with two attached hydrogens (primary N) is 1. The summed E-state index contributed by atoms with van der Waals surface area (Å²) in [4.78, 5) is 22.1. The third kappa shape index (κ3) is 7.71. The second-order valence-electron chi connectivity index (χ2n) is 11.8. The highest BCUT2D eigenvalue weighted by Gasteiger charge is 2.41. The monoisotopic (exact) mass is 605 g/mol. The Morgan fingerprint density at radius 3 is 2.31 bits per heavy atom. The molecule has 0 radical (unpaired) electrons. The van der Waals surface area contributed by atoms with Crippen molar-refractivity contribution in [1.29, 1.82) is 0 Å². The van der Waals surface area contributed by atoms with Crippen molar-refractivity contribution in [2.45, 2.75) is 45.8 Å². The van der Waals surface area contributed by atoms with Crippen LogP contribution in [-0.2, 0) is 16.4 Å². The molecule has 2 aromatic carbocycles. The lowest BCUT2D eigenvalue weighted by Crippen LogP contribution is -2.53. The lowest BCUT2D eigenvalue weighted by molar-refractivity contribution is 0.0826. The molecule has 3 aromatic rings. The first-order valence-electron chi connectivity index (χ1n) is 13.9. The molecular formula is C30H38F3N5O3S. The van der Waals surface area contributed by atoms with E-state index in [1.165, 1.54) is 29.2 Å². The van der Waals surface area contributed by atoms with Gasteiger partial charge in [0, 0.05) is 44.0 Å². The van der Waals surface area contributed by atoms with E-state index < -0.39 is 51.7 Å². The second kappa shape index (κ2) is 12.9. The summed E-state index contributed by atoms with van der Waals surface area (Å²) in [5.41, 5.74) is 6.95. The van der Waals surface area contributed by atoms with E-state index in [1.807, 2.05) is 25.3 Å². The lowest BCUT2D eigenvalue weighted by atomic mass is 9.84. The van der Waals surface area contributed by atoms with Crippen LogP contribution in [0.4, 0.5) is 18.0 Å². The molecule has 42 heavy (non-hydrogen) atoms. The van der Waals surface area contributed by atoms with E-state index in [4.69, 9.17) is 10.7 Å². The molecule has 2 N–H and O–H groups in total. The van der Waals surface area contributed by atoms with Crippen molar-refractivity contribution in [2.75, 3.05) is 37.8 Å². The average molecular weight is 606 g/mol. The zero-order chi connectivity index (χ0) is 30.7. The number of nitrogens with zero attached hydrogens (tertiary/aromatic N) is 4. The van der Waals surface area contributed by atoms with Crippen molar-refractivity contribution in [3.8, 4) is 11.3 Å². The molecule has 12 heteroatoms. The molecule has 4 rings (SSSR count). The van der Waals surface area contributed by atoms with E-state index in [0.717, 1.165) is 0 Å². The van der Waals surface area contributed by atoms with Gasteiger partial charge in [0.25, 0.3) is 0 Å². The van der Waals surface area contributed by atoms with Gasteiger partial charge in [0.2, 0.25) is 0 Å². The Bertz CT molecular complexity index is 1490. The van der Waals surface area contributed by atoms with E-state index in [0.29, 0.717) is 22.6 Å². The predicted molar refractivity (Wildman–Crippen MR) is 156 cm³/mol. The molecule has 1 saturated heterocycles. The van der Waals surface area contributed by atoms with Crippen LogP contribution in [0.3, 0.4) is 0 Å². The summed E-state index contributed by atoms with van der Waals surface area (Å²) < 4.78 is 67.7. The number of benzene rings is 2. The number of alkyl halides is 1. The van der Waals surface area contributed by atoms with E-state index in [-0.39, 0.29) is 44.1 Å². The topological polar surface area (TPSA) is 102 Å². The fourth-order valence-electron chi connectivity index (χ4n) is 5.19. The normalized spacial score (nSPS) is 16.7. The third-order valence-electron chi connectivity index (χ3n) is 7.35. The van der Waals surface area contributed by atoms with Gasteiger partial charge in [-0.1, -0.05) is 45.0 Å². The molecular weight excluding hydrogens is 567 g/mol. The van der Waals surface area contributed by atoms with Gasteiger partial charge < -0.3 is 20.1 Å². The number of carbonyl (C=O) groups excluding carboxylic acids is 1. The first-order chi connectivity index (χ1) is 19.8. The second-order valence-corrected chi connectivity index (χ2v) is 14.1. The summed E-state index contributed by atoms with van der Waals surface area (Å²) in [6, 6.07) is 10.3. The standard InChI is InChI=1S/C30H38F3N5O3S/c1-30(2,3)27(38(11-10-25(34)18-31)29(39)36-12-14-42(40,41)15-13-36)28-35-26(22-7-5-9-24(33)17-22)20-37(28)19-21-6-4-8-23(32)16-21/h4-9,16-17,20,25,27H,10-15,18-19,34H2,1-3H3/t25-,27-/m0/s1. The van der Waals surface area contributed by atoms with Crippen LogP contribution < -0.4 is 5.73 Å². The molecule has 2 heterocycles. The van der Waals surface area contributed by atoms with Crippen molar-refractivity contribution < 1.29 is 26.4 Å². The molecule has 1 aromatic heterocycles. The SMILES string of the molecule is CC(C)(C)[C@H](c1nc(-c2cccc(F)c2)cn1Cc1cccc(F)c1)N(CC[C@H](N)CF)C(=O)N1CCS(=O)(=O)CC1. The molecule has 1 aliphatic rings. The number of amides is 2. The number of sulfone groups is 1. The zero-order valence-electron chi connectivity index (χ0n) is 24.1. The smallest absolute Gasteiger partial charge is 0.320 e. The maximum Gasteiger partial charge on any atom is 0.320 e. The maximum absolute atomic E-state index is 14.2. The van der Waals surface area contributed by atoms with Gasteiger partial charge in [0.15, 0.2) is 9.84 Å². The number of carbonyl (C=O) groups is 1. The molecule has 0 aliphatic carbocycles. The first-order valence-corrected chi connectivity index (χ1v) is 15.7. The number of imidazole rings is 1. The number of hydrogen-bond acceptors (Lipinski definition) is 5. The number of aromatic nitrogens is 2. The number of rotatable bonds is 9.